The van der Waals surface area contributed by atoms with Gasteiger partial charge < -0.3 is 10.6 Å². The molecule has 2 rings (SSSR count). The van der Waals surface area contributed by atoms with Crippen molar-refractivity contribution in [2.75, 3.05) is 24.2 Å². The molecule has 0 spiro atoms. The minimum absolute atomic E-state index is 0.225. The maximum atomic E-state index is 12.5. The fraction of sp³-hybridized carbons (Fsp3) is 0.235. The number of carbonyl (C=O) groups excluding carboxylic acids is 2. The Morgan fingerprint density at radius 3 is 2.21 bits per heavy atom. The van der Waals surface area contributed by atoms with Crippen LogP contribution in [0.15, 0.2) is 47.5 Å². The Morgan fingerprint density at radius 2 is 1.69 bits per heavy atom. The van der Waals surface area contributed by atoms with Gasteiger partial charge >= 0.3 is 12.1 Å². The molecule has 2 aromatic rings. The molecular formula is C17H17F3N4O4S. The lowest BCUT2D eigenvalue weighted by Crippen LogP contribution is -2.35. The number of aromatic nitrogens is 1. The van der Waals surface area contributed by atoms with Crippen molar-refractivity contribution in [1.29, 1.82) is 0 Å². The fourth-order valence-corrected chi connectivity index (χ4v) is 3.23. The maximum Gasteiger partial charge on any atom is 0.471 e. The highest BCUT2D eigenvalue weighted by atomic mass is 32.2. The van der Waals surface area contributed by atoms with Gasteiger partial charge in [0, 0.05) is 18.9 Å². The molecule has 0 saturated heterocycles. The first-order valence-electron chi connectivity index (χ1n) is 8.06. The number of hydrogen-bond donors (Lipinski definition) is 2. The van der Waals surface area contributed by atoms with Crippen molar-refractivity contribution >= 4 is 33.3 Å². The van der Waals surface area contributed by atoms with E-state index in [-0.39, 0.29) is 16.4 Å². The molecule has 29 heavy (non-hydrogen) atoms. The molecule has 0 radical (unpaired) electrons. The van der Waals surface area contributed by atoms with Crippen molar-refractivity contribution in [1.82, 2.24) is 9.29 Å². The summed E-state index contributed by atoms with van der Waals surface area (Å²) in [5.74, 6) is -2.54. The molecule has 8 nitrogen and oxygen atoms in total. The Bertz CT molecular complexity index is 991. The maximum absolute atomic E-state index is 12.5. The summed E-state index contributed by atoms with van der Waals surface area (Å²) in [6.07, 6.45) is -3.53. The SMILES string of the molecule is Cc1ccc(NC(=O)CN(C)S(=O)(=O)c2ccc(NC(=O)C(F)(F)F)cc2)nc1. The van der Waals surface area contributed by atoms with E-state index in [0.717, 1.165) is 34.1 Å². The first kappa shape index (κ1) is 22.3. The van der Waals surface area contributed by atoms with Crippen molar-refractivity contribution in [3.8, 4) is 0 Å². The van der Waals surface area contributed by atoms with Crippen LogP contribution in [0.1, 0.15) is 5.56 Å². The highest BCUT2D eigenvalue weighted by Crippen LogP contribution is 2.21. The predicted molar refractivity (Wildman–Crippen MR) is 98.5 cm³/mol. The van der Waals surface area contributed by atoms with Crippen LogP contribution in [0.2, 0.25) is 0 Å². The summed E-state index contributed by atoms with van der Waals surface area (Å²) < 4.78 is 62.6. The summed E-state index contributed by atoms with van der Waals surface area (Å²) >= 11 is 0. The van der Waals surface area contributed by atoms with Gasteiger partial charge in [-0.05, 0) is 42.8 Å². The molecule has 0 saturated carbocycles. The van der Waals surface area contributed by atoms with E-state index in [0.29, 0.717) is 0 Å². The quantitative estimate of drug-likeness (QED) is 0.730. The van der Waals surface area contributed by atoms with Crippen LogP contribution in [-0.4, -0.2) is 49.3 Å². The normalized spacial score (nSPS) is 11.9. The Balaban J connectivity index is 2.04. The zero-order chi connectivity index (χ0) is 21.8. The minimum Gasteiger partial charge on any atom is -0.318 e. The monoisotopic (exact) mass is 430 g/mol. The van der Waals surface area contributed by atoms with Crippen molar-refractivity contribution in [2.45, 2.75) is 18.0 Å². The lowest BCUT2D eigenvalue weighted by Gasteiger charge is -2.17. The molecule has 12 heteroatoms. The molecular weight excluding hydrogens is 413 g/mol. The van der Waals surface area contributed by atoms with E-state index >= 15 is 0 Å². The topological polar surface area (TPSA) is 108 Å². The number of benzene rings is 1. The minimum atomic E-state index is -5.06. The summed E-state index contributed by atoms with van der Waals surface area (Å²) in [6, 6.07) is 7.37. The van der Waals surface area contributed by atoms with Crippen molar-refractivity contribution < 1.29 is 31.2 Å². The van der Waals surface area contributed by atoms with E-state index in [9.17, 15) is 31.2 Å². The van der Waals surface area contributed by atoms with E-state index in [1.54, 1.807) is 17.4 Å². The number of alkyl halides is 3. The number of pyridine rings is 1. The predicted octanol–water partition coefficient (Wildman–Crippen LogP) is 2.15. The number of nitrogens with one attached hydrogen (secondary N) is 2. The van der Waals surface area contributed by atoms with Crippen LogP contribution in [0, 0.1) is 6.92 Å². The van der Waals surface area contributed by atoms with E-state index in [2.05, 4.69) is 10.3 Å². The van der Waals surface area contributed by atoms with Crippen LogP contribution in [0.5, 0.6) is 0 Å². The van der Waals surface area contributed by atoms with Crippen molar-refractivity contribution in [3.05, 3.63) is 48.2 Å². The van der Waals surface area contributed by atoms with E-state index in [1.165, 1.54) is 13.2 Å². The fourth-order valence-electron chi connectivity index (χ4n) is 2.10. The summed E-state index contributed by atoms with van der Waals surface area (Å²) in [7, 11) is -2.91. The number of anilines is 2. The van der Waals surface area contributed by atoms with Gasteiger partial charge in [0.2, 0.25) is 15.9 Å². The van der Waals surface area contributed by atoms with Gasteiger partial charge in [0.1, 0.15) is 5.82 Å². The van der Waals surface area contributed by atoms with Gasteiger partial charge in [-0.1, -0.05) is 6.07 Å². The third-order valence-corrected chi connectivity index (χ3v) is 5.44. The van der Waals surface area contributed by atoms with Crippen LogP contribution >= 0.6 is 0 Å². The van der Waals surface area contributed by atoms with Gasteiger partial charge in [-0.2, -0.15) is 17.5 Å². The first-order chi connectivity index (χ1) is 13.4. The highest BCUT2D eigenvalue weighted by molar-refractivity contribution is 7.89. The zero-order valence-corrected chi connectivity index (χ0v) is 16.1. The van der Waals surface area contributed by atoms with Crippen molar-refractivity contribution in [3.63, 3.8) is 0 Å². The number of sulfonamides is 1. The molecule has 1 aromatic heterocycles. The molecule has 2 amide bonds. The number of rotatable bonds is 6. The Morgan fingerprint density at radius 1 is 1.07 bits per heavy atom. The van der Waals surface area contributed by atoms with E-state index < -0.39 is 34.6 Å². The van der Waals surface area contributed by atoms with Crippen LogP contribution in [0.3, 0.4) is 0 Å². The molecule has 1 heterocycles. The number of likely N-dealkylation sites (N-methyl/N-ethyl adjacent to an activating group) is 1. The molecule has 2 N–H and O–H groups in total. The summed E-state index contributed by atoms with van der Waals surface area (Å²) in [6.45, 7) is 1.31. The number of amides is 2. The summed E-state index contributed by atoms with van der Waals surface area (Å²) in [5.41, 5.74) is 0.662. The lowest BCUT2D eigenvalue weighted by molar-refractivity contribution is -0.167. The van der Waals surface area contributed by atoms with Crippen LogP contribution in [0.4, 0.5) is 24.7 Å². The second kappa shape index (κ2) is 8.57. The Labute approximate surface area is 164 Å². The van der Waals surface area contributed by atoms with Gasteiger partial charge in [-0.3, -0.25) is 9.59 Å². The molecule has 0 aliphatic carbocycles. The molecule has 1 aromatic carbocycles. The van der Waals surface area contributed by atoms with E-state index in [4.69, 9.17) is 0 Å². The van der Waals surface area contributed by atoms with Gasteiger partial charge in [0.15, 0.2) is 0 Å². The molecule has 0 aliphatic rings. The van der Waals surface area contributed by atoms with Gasteiger partial charge in [-0.25, -0.2) is 13.4 Å². The number of nitrogens with zero attached hydrogens (tertiary/aromatic N) is 2. The number of halogens is 3. The molecule has 0 unspecified atom stereocenters. The standard InChI is InChI=1S/C17H17F3N4O4S/c1-11-3-8-14(21-9-11)23-15(25)10-24(2)29(27,28)13-6-4-12(5-7-13)22-16(26)17(18,19)20/h3-9H,10H2,1-2H3,(H,22,26)(H,21,23,25). The Kier molecular flexibility index (Phi) is 6.59. The number of hydrogen-bond acceptors (Lipinski definition) is 5. The van der Waals surface area contributed by atoms with Crippen molar-refractivity contribution in [2.24, 2.45) is 0 Å². The van der Waals surface area contributed by atoms with Gasteiger partial charge in [-0.15, -0.1) is 0 Å². The summed E-state index contributed by atoms with van der Waals surface area (Å²) in [5, 5.41) is 4.07. The largest absolute Gasteiger partial charge is 0.471 e. The molecule has 0 atom stereocenters. The smallest absolute Gasteiger partial charge is 0.318 e. The molecule has 156 valence electrons. The van der Waals surface area contributed by atoms with Crippen LogP contribution in [-0.2, 0) is 19.6 Å². The van der Waals surface area contributed by atoms with E-state index in [1.807, 2.05) is 6.92 Å². The number of aryl methyl sites for hydroxylation is 1. The second-order valence-electron chi connectivity index (χ2n) is 6.01. The average Bonchev–Trinajstić information content (AvgIpc) is 2.63. The average molecular weight is 430 g/mol. The Hall–Kier alpha value is -2.99. The molecule has 0 fully saturated rings. The van der Waals surface area contributed by atoms with Crippen LogP contribution < -0.4 is 10.6 Å². The van der Waals surface area contributed by atoms with Crippen LogP contribution in [0.25, 0.3) is 0 Å². The van der Waals surface area contributed by atoms with Gasteiger partial charge in [0.25, 0.3) is 0 Å². The molecule has 0 bridgehead atoms. The zero-order valence-electron chi connectivity index (χ0n) is 15.3. The second-order valence-corrected chi connectivity index (χ2v) is 8.05. The van der Waals surface area contributed by atoms with Gasteiger partial charge in [0.05, 0.1) is 11.4 Å². The lowest BCUT2D eigenvalue weighted by atomic mass is 10.3. The molecule has 0 aliphatic heterocycles. The number of carbonyl (C=O) groups is 2. The third kappa shape index (κ3) is 5.99. The highest BCUT2D eigenvalue weighted by Gasteiger charge is 2.38. The summed E-state index contributed by atoms with van der Waals surface area (Å²) in [4.78, 5) is 26.7. The first-order valence-corrected chi connectivity index (χ1v) is 9.50. The third-order valence-electron chi connectivity index (χ3n) is 3.62.